The lowest BCUT2D eigenvalue weighted by molar-refractivity contribution is -0.137. The molecular formula is C14H19N3O4. The minimum Gasteiger partial charge on any atom is -0.481 e. The first-order chi connectivity index (χ1) is 9.81. The van der Waals surface area contributed by atoms with Gasteiger partial charge in [0.2, 0.25) is 5.91 Å². The van der Waals surface area contributed by atoms with Gasteiger partial charge in [0.25, 0.3) is 0 Å². The maximum atomic E-state index is 11.9. The van der Waals surface area contributed by atoms with Crippen molar-refractivity contribution in [2.45, 2.75) is 26.3 Å². The Kier molecular flexibility index (Phi) is 5.71. The molecule has 1 aromatic carbocycles. The molecule has 4 N–H and O–H groups in total. The van der Waals surface area contributed by atoms with E-state index in [0.29, 0.717) is 5.69 Å². The molecule has 0 aromatic heterocycles. The lowest BCUT2D eigenvalue weighted by atomic mass is 10.1. The molecule has 1 rings (SSSR count). The molecule has 0 saturated heterocycles. The number of primary amides is 1. The monoisotopic (exact) mass is 293 g/mol. The topological polar surface area (TPSA) is 113 Å². The number of nitrogens with one attached hydrogen (secondary N) is 1. The molecule has 3 amide bonds. The Hall–Kier alpha value is -2.57. The average molecular weight is 293 g/mol. The number of urea groups is 1. The molecule has 0 heterocycles. The minimum absolute atomic E-state index is 0.123. The minimum atomic E-state index is -0.963. The Bertz CT molecular complexity index is 528. The smallest absolute Gasteiger partial charge is 0.318 e. The van der Waals surface area contributed by atoms with Crippen molar-refractivity contribution in [3.05, 3.63) is 29.8 Å². The number of hydrogen-bond donors (Lipinski definition) is 3. The van der Waals surface area contributed by atoms with Gasteiger partial charge in [0.15, 0.2) is 0 Å². The molecular weight excluding hydrogens is 274 g/mol. The summed E-state index contributed by atoms with van der Waals surface area (Å²) >= 11 is 0. The van der Waals surface area contributed by atoms with Crippen LogP contribution in [0.4, 0.5) is 10.5 Å². The zero-order chi connectivity index (χ0) is 16.0. The van der Waals surface area contributed by atoms with Gasteiger partial charge in [-0.3, -0.25) is 14.9 Å². The SMILES string of the molecule is Cc1ccc(N(CCC(=O)O)C(C)C(=O)NC(N)=O)cc1. The van der Waals surface area contributed by atoms with Crippen LogP contribution in [0.1, 0.15) is 18.9 Å². The van der Waals surface area contributed by atoms with E-state index >= 15 is 0 Å². The van der Waals surface area contributed by atoms with Crippen molar-refractivity contribution in [3.8, 4) is 0 Å². The molecule has 0 fully saturated rings. The summed E-state index contributed by atoms with van der Waals surface area (Å²) in [7, 11) is 0. The molecule has 21 heavy (non-hydrogen) atoms. The predicted octanol–water partition coefficient (Wildman–Crippen LogP) is 0.860. The number of carbonyl (C=O) groups excluding carboxylic acids is 2. The van der Waals surface area contributed by atoms with E-state index in [-0.39, 0.29) is 13.0 Å². The molecule has 1 aromatic rings. The van der Waals surface area contributed by atoms with Crippen LogP contribution in [0.3, 0.4) is 0 Å². The maximum Gasteiger partial charge on any atom is 0.318 e. The number of benzene rings is 1. The summed E-state index contributed by atoms with van der Waals surface area (Å²) in [5, 5.41) is 10.8. The highest BCUT2D eigenvalue weighted by Crippen LogP contribution is 2.18. The van der Waals surface area contributed by atoms with E-state index in [9.17, 15) is 14.4 Å². The number of amides is 3. The van der Waals surface area contributed by atoms with Gasteiger partial charge in [-0.1, -0.05) is 17.7 Å². The highest BCUT2D eigenvalue weighted by atomic mass is 16.4. The fourth-order valence-electron chi connectivity index (χ4n) is 1.87. The lowest BCUT2D eigenvalue weighted by Gasteiger charge is -2.29. The van der Waals surface area contributed by atoms with Gasteiger partial charge in [-0.15, -0.1) is 0 Å². The molecule has 0 spiro atoms. The van der Waals surface area contributed by atoms with Crippen LogP contribution in [-0.4, -0.2) is 35.6 Å². The van der Waals surface area contributed by atoms with E-state index in [1.54, 1.807) is 24.0 Å². The number of carbonyl (C=O) groups is 3. The van der Waals surface area contributed by atoms with E-state index < -0.39 is 23.9 Å². The lowest BCUT2D eigenvalue weighted by Crippen LogP contribution is -2.49. The number of aliphatic carboxylic acids is 1. The zero-order valence-corrected chi connectivity index (χ0v) is 12.0. The highest BCUT2D eigenvalue weighted by molar-refractivity contribution is 5.97. The molecule has 0 radical (unpaired) electrons. The summed E-state index contributed by atoms with van der Waals surface area (Å²) in [6.07, 6.45) is -0.123. The van der Waals surface area contributed by atoms with Crippen molar-refractivity contribution in [1.29, 1.82) is 0 Å². The molecule has 7 nitrogen and oxygen atoms in total. The number of carboxylic acids is 1. The van der Waals surface area contributed by atoms with Gasteiger partial charge in [-0.05, 0) is 26.0 Å². The van der Waals surface area contributed by atoms with Crippen molar-refractivity contribution in [3.63, 3.8) is 0 Å². The van der Waals surface area contributed by atoms with Crippen molar-refractivity contribution in [1.82, 2.24) is 5.32 Å². The second-order valence-corrected chi connectivity index (χ2v) is 4.70. The van der Waals surface area contributed by atoms with Crippen molar-refractivity contribution in [2.24, 2.45) is 5.73 Å². The zero-order valence-electron chi connectivity index (χ0n) is 12.0. The third-order valence-electron chi connectivity index (χ3n) is 3.03. The van der Waals surface area contributed by atoms with E-state index in [1.165, 1.54) is 0 Å². The first-order valence-corrected chi connectivity index (χ1v) is 6.46. The fourth-order valence-corrected chi connectivity index (χ4v) is 1.87. The molecule has 114 valence electrons. The summed E-state index contributed by atoms with van der Waals surface area (Å²) in [5.41, 5.74) is 6.68. The Morgan fingerprint density at radius 2 is 1.86 bits per heavy atom. The highest BCUT2D eigenvalue weighted by Gasteiger charge is 2.23. The second kappa shape index (κ2) is 7.28. The number of hydrogen-bond acceptors (Lipinski definition) is 4. The molecule has 0 bridgehead atoms. The Morgan fingerprint density at radius 3 is 2.33 bits per heavy atom. The van der Waals surface area contributed by atoms with Crippen LogP contribution in [0.15, 0.2) is 24.3 Å². The van der Waals surface area contributed by atoms with Crippen molar-refractivity contribution >= 4 is 23.6 Å². The molecule has 7 heteroatoms. The predicted molar refractivity (Wildman–Crippen MR) is 78.0 cm³/mol. The van der Waals surface area contributed by atoms with Gasteiger partial charge in [0.1, 0.15) is 6.04 Å². The molecule has 0 aliphatic heterocycles. The van der Waals surface area contributed by atoms with Gasteiger partial charge < -0.3 is 15.7 Å². The number of nitrogens with two attached hydrogens (primary N) is 1. The van der Waals surface area contributed by atoms with E-state index in [4.69, 9.17) is 10.8 Å². The molecule has 1 atom stereocenters. The first kappa shape index (κ1) is 16.5. The molecule has 0 aliphatic rings. The maximum absolute atomic E-state index is 11.9. The van der Waals surface area contributed by atoms with Gasteiger partial charge in [0, 0.05) is 12.2 Å². The van der Waals surface area contributed by atoms with Crippen LogP contribution in [-0.2, 0) is 9.59 Å². The number of imide groups is 1. The number of carboxylic acid groups (broad SMARTS) is 1. The van der Waals surface area contributed by atoms with Crippen LogP contribution in [0, 0.1) is 6.92 Å². The Labute approximate surface area is 122 Å². The van der Waals surface area contributed by atoms with Crippen LogP contribution < -0.4 is 16.0 Å². The molecule has 0 saturated carbocycles. The average Bonchev–Trinajstić information content (AvgIpc) is 2.39. The van der Waals surface area contributed by atoms with Crippen LogP contribution in [0.5, 0.6) is 0 Å². The Balaban J connectivity index is 2.95. The van der Waals surface area contributed by atoms with Crippen molar-refractivity contribution < 1.29 is 19.5 Å². The van der Waals surface area contributed by atoms with Gasteiger partial charge in [0.05, 0.1) is 6.42 Å². The van der Waals surface area contributed by atoms with E-state index in [2.05, 4.69) is 0 Å². The first-order valence-electron chi connectivity index (χ1n) is 6.46. The van der Waals surface area contributed by atoms with Gasteiger partial charge in [-0.25, -0.2) is 4.79 Å². The van der Waals surface area contributed by atoms with E-state index in [1.807, 2.05) is 24.4 Å². The standard InChI is InChI=1S/C14H19N3O4/c1-9-3-5-11(6-4-9)17(8-7-12(18)19)10(2)13(20)16-14(15)21/h3-6,10H,7-8H2,1-2H3,(H,18,19)(H3,15,16,20,21). The van der Waals surface area contributed by atoms with Crippen LogP contribution in [0.2, 0.25) is 0 Å². The number of rotatable bonds is 6. The second-order valence-electron chi connectivity index (χ2n) is 4.70. The van der Waals surface area contributed by atoms with E-state index in [0.717, 1.165) is 5.56 Å². The molecule has 0 aliphatic carbocycles. The van der Waals surface area contributed by atoms with Gasteiger partial charge >= 0.3 is 12.0 Å². The van der Waals surface area contributed by atoms with Crippen LogP contribution in [0.25, 0.3) is 0 Å². The number of aryl methyl sites for hydroxylation is 1. The Morgan fingerprint density at radius 1 is 1.29 bits per heavy atom. The summed E-state index contributed by atoms with van der Waals surface area (Å²) in [6, 6.07) is 5.66. The summed E-state index contributed by atoms with van der Waals surface area (Å²) in [6.45, 7) is 3.65. The van der Waals surface area contributed by atoms with Crippen molar-refractivity contribution in [2.75, 3.05) is 11.4 Å². The summed E-state index contributed by atoms with van der Waals surface area (Å²) in [4.78, 5) is 35.0. The quantitative estimate of drug-likeness (QED) is 0.720. The summed E-state index contributed by atoms with van der Waals surface area (Å²) in [5.74, 6) is -1.54. The largest absolute Gasteiger partial charge is 0.481 e. The fraction of sp³-hybridized carbons (Fsp3) is 0.357. The third-order valence-corrected chi connectivity index (χ3v) is 3.03. The third kappa shape index (κ3) is 5.13. The normalized spacial score (nSPS) is 11.5. The van der Waals surface area contributed by atoms with Crippen LogP contribution >= 0.6 is 0 Å². The number of anilines is 1. The number of nitrogens with zero attached hydrogens (tertiary/aromatic N) is 1. The summed E-state index contributed by atoms with van der Waals surface area (Å²) < 4.78 is 0. The van der Waals surface area contributed by atoms with Gasteiger partial charge in [-0.2, -0.15) is 0 Å². The molecule has 1 unspecified atom stereocenters.